The first kappa shape index (κ1) is 26.8. The number of carbonyl (C=O) groups is 1. The molecule has 1 atom stereocenters. The van der Waals surface area contributed by atoms with Crippen LogP contribution in [-0.4, -0.2) is 42.8 Å². The normalized spacial score (nSPS) is 11.8. The largest absolute Gasteiger partial charge is 0.384 e. The fraction of sp³-hybridized carbons (Fsp3) is 0.227. The van der Waals surface area contributed by atoms with Crippen molar-refractivity contribution in [3.8, 4) is 11.3 Å². The highest BCUT2D eigenvalue weighted by Crippen LogP contribution is 2.27. The van der Waals surface area contributed by atoms with E-state index in [1.165, 1.54) is 4.68 Å². The van der Waals surface area contributed by atoms with Crippen molar-refractivity contribution >= 4 is 39.9 Å². The van der Waals surface area contributed by atoms with Gasteiger partial charge in [-0.2, -0.15) is 5.10 Å². The molecule has 3 rings (SSSR count). The molecule has 2 aromatic carbocycles. The molecule has 0 aliphatic rings. The van der Waals surface area contributed by atoms with Crippen LogP contribution < -0.4 is 15.8 Å². The minimum atomic E-state index is -3.47. The van der Waals surface area contributed by atoms with E-state index in [-0.39, 0.29) is 37.3 Å². The van der Waals surface area contributed by atoms with Crippen LogP contribution >= 0.6 is 12.4 Å². The van der Waals surface area contributed by atoms with Gasteiger partial charge in [0.2, 0.25) is 16.3 Å². The minimum absolute atomic E-state index is 0. The molecule has 0 aliphatic heterocycles. The molecule has 0 unspecified atom stereocenters. The van der Waals surface area contributed by atoms with Gasteiger partial charge < -0.3 is 15.8 Å². The van der Waals surface area contributed by atoms with E-state index < -0.39 is 16.3 Å². The highest BCUT2D eigenvalue weighted by atomic mass is 35.5. The summed E-state index contributed by atoms with van der Waals surface area (Å²) in [6, 6.07) is 15.5. The Labute approximate surface area is 204 Å². The third kappa shape index (κ3) is 7.04. The van der Waals surface area contributed by atoms with E-state index in [1.807, 2.05) is 0 Å². The number of hydrogen-bond donors (Lipinski definition) is 4. The topological polar surface area (TPSA) is 152 Å². The van der Waals surface area contributed by atoms with Gasteiger partial charge >= 0.3 is 0 Å². The number of hydrogen-bond acceptors (Lipinski definition) is 6. The molecule has 0 bridgehead atoms. The van der Waals surface area contributed by atoms with Crippen molar-refractivity contribution in [3.05, 3.63) is 71.9 Å². The van der Waals surface area contributed by atoms with Crippen molar-refractivity contribution < 1.29 is 17.9 Å². The van der Waals surface area contributed by atoms with Gasteiger partial charge in [-0.3, -0.25) is 14.9 Å². The van der Waals surface area contributed by atoms with E-state index in [1.54, 1.807) is 67.7 Å². The van der Waals surface area contributed by atoms with Crippen LogP contribution in [0.3, 0.4) is 0 Å². The van der Waals surface area contributed by atoms with Gasteiger partial charge in [-0.05, 0) is 24.6 Å². The Balaban J connectivity index is 0.00000408. The number of para-hydroxylation sites is 1. The zero-order valence-electron chi connectivity index (χ0n) is 18.7. The first-order valence-electron chi connectivity index (χ1n) is 10.1. The standard InChI is InChI=1S/C22H26N6O4S.ClH/c1-3-32-22(21(29)25-14-15-8-10-16(11-9-15)20(23)24)28-13-12-18(26-28)17-6-4-5-7-19(17)27-33(2,30)31;/h4-13,22,27H,3,14H2,1-2H3,(H3,23,24)(H,25,29);1H/t22-;/m0./s1. The molecule has 0 spiro atoms. The third-order valence-electron chi connectivity index (χ3n) is 4.63. The molecule has 12 heteroatoms. The van der Waals surface area contributed by atoms with Gasteiger partial charge in [-0.1, -0.05) is 42.5 Å². The second-order valence-corrected chi connectivity index (χ2v) is 8.99. The maximum atomic E-state index is 12.8. The Morgan fingerprint density at radius 3 is 2.47 bits per heavy atom. The summed E-state index contributed by atoms with van der Waals surface area (Å²) in [6.07, 6.45) is 1.68. The summed E-state index contributed by atoms with van der Waals surface area (Å²) in [5.41, 5.74) is 8.35. The van der Waals surface area contributed by atoms with Crippen LogP contribution in [0.4, 0.5) is 5.69 Å². The number of rotatable bonds is 10. The number of anilines is 1. The summed E-state index contributed by atoms with van der Waals surface area (Å²) in [5.74, 6) is -0.408. The van der Waals surface area contributed by atoms with Crippen LogP contribution in [0.25, 0.3) is 11.3 Å². The Morgan fingerprint density at radius 1 is 1.18 bits per heavy atom. The molecular formula is C22H27ClN6O4S. The number of sulfonamides is 1. The lowest BCUT2D eigenvalue weighted by molar-refractivity contribution is -0.139. The van der Waals surface area contributed by atoms with Crippen molar-refractivity contribution in [2.75, 3.05) is 17.6 Å². The minimum Gasteiger partial charge on any atom is -0.384 e. The number of benzene rings is 2. The van der Waals surface area contributed by atoms with Crippen LogP contribution in [0.1, 0.15) is 24.3 Å². The number of aromatic nitrogens is 2. The Bertz CT molecular complexity index is 1240. The van der Waals surface area contributed by atoms with Gasteiger partial charge in [0.1, 0.15) is 5.84 Å². The quantitative estimate of drug-likeness (QED) is 0.245. The number of ether oxygens (including phenoxy) is 1. The van der Waals surface area contributed by atoms with Crippen LogP contribution in [0.5, 0.6) is 0 Å². The molecule has 0 saturated carbocycles. The van der Waals surface area contributed by atoms with Crippen molar-refractivity contribution in [1.82, 2.24) is 15.1 Å². The Kier molecular flexibility index (Phi) is 9.19. The highest BCUT2D eigenvalue weighted by Gasteiger charge is 2.22. The van der Waals surface area contributed by atoms with Crippen LogP contribution in [0, 0.1) is 5.41 Å². The zero-order chi connectivity index (χ0) is 24.0. The molecule has 182 valence electrons. The van der Waals surface area contributed by atoms with Crippen molar-refractivity contribution in [3.63, 3.8) is 0 Å². The Hall–Kier alpha value is -3.41. The predicted octanol–water partition coefficient (Wildman–Crippen LogP) is 2.48. The molecule has 0 saturated heterocycles. The molecule has 3 aromatic rings. The summed E-state index contributed by atoms with van der Waals surface area (Å²) in [4.78, 5) is 12.8. The van der Waals surface area contributed by atoms with Crippen LogP contribution in [-0.2, 0) is 26.1 Å². The lowest BCUT2D eigenvalue weighted by atomic mass is 10.1. The van der Waals surface area contributed by atoms with E-state index in [4.69, 9.17) is 15.9 Å². The van der Waals surface area contributed by atoms with Crippen molar-refractivity contribution in [1.29, 1.82) is 5.41 Å². The molecule has 0 fully saturated rings. The summed E-state index contributed by atoms with van der Waals surface area (Å²) < 4.78 is 32.9. The van der Waals surface area contributed by atoms with Crippen LogP contribution in [0.15, 0.2) is 60.8 Å². The lowest BCUT2D eigenvalue weighted by Gasteiger charge is -2.17. The van der Waals surface area contributed by atoms with E-state index >= 15 is 0 Å². The molecule has 1 amide bonds. The molecule has 34 heavy (non-hydrogen) atoms. The monoisotopic (exact) mass is 506 g/mol. The van der Waals surface area contributed by atoms with Gasteiger partial charge in [-0.15, -0.1) is 12.4 Å². The lowest BCUT2D eigenvalue weighted by Crippen LogP contribution is -2.34. The summed E-state index contributed by atoms with van der Waals surface area (Å²) in [5, 5.41) is 14.7. The number of nitrogen functional groups attached to an aromatic ring is 1. The number of amidine groups is 1. The predicted molar refractivity (Wildman–Crippen MR) is 133 cm³/mol. The van der Waals surface area contributed by atoms with Gasteiger partial charge in [0, 0.05) is 30.5 Å². The SMILES string of the molecule is CCO[C@@H](C(=O)NCc1ccc(C(=N)N)cc1)n1ccc(-c2ccccc2NS(C)(=O)=O)n1.Cl. The average Bonchev–Trinajstić information content (AvgIpc) is 3.25. The summed E-state index contributed by atoms with van der Waals surface area (Å²) >= 11 is 0. The first-order chi connectivity index (χ1) is 15.7. The number of halogens is 1. The van der Waals surface area contributed by atoms with Crippen molar-refractivity contribution in [2.24, 2.45) is 5.73 Å². The smallest absolute Gasteiger partial charge is 0.272 e. The first-order valence-corrected chi connectivity index (χ1v) is 12.0. The second-order valence-electron chi connectivity index (χ2n) is 7.24. The van der Waals surface area contributed by atoms with Crippen LogP contribution in [0.2, 0.25) is 0 Å². The maximum absolute atomic E-state index is 12.8. The molecule has 5 N–H and O–H groups in total. The summed E-state index contributed by atoms with van der Waals surface area (Å²) in [6.45, 7) is 2.32. The fourth-order valence-electron chi connectivity index (χ4n) is 3.12. The maximum Gasteiger partial charge on any atom is 0.272 e. The van der Waals surface area contributed by atoms with Gasteiger partial charge in [0.25, 0.3) is 5.91 Å². The average molecular weight is 507 g/mol. The third-order valence-corrected chi connectivity index (χ3v) is 5.22. The second kappa shape index (κ2) is 11.6. The Morgan fingerprint density at radius 2 is 1.85 bits per heavy atom. The fourth-order valence-corrected chi connectivity index (χ4v) is 3.69. The molecule has 0 radical (unpaired) electrons. The van der Waals surface area contributed by atoms with E-state index in [0.717, 1.165) is 11.8 Å². The van der Waals surface area contributed by atoms with Gasteiger partial charge in [0.15, 0.2) is 0 Å². The number of nitrogens with zero attached hydrogens (tertiary/aromatic N) is 2. The molecule has 10 nitrogen and oxygen atoms in total. The number of nitrogens with two attached hydrogens (primary N) is 1. The number of nitrogens with one attached hydrogen (secondary N) is 3. The molecule has 1 aromatic heterocycles. The number of carbonyl (C=O) groups excluding carboxylic acids is 1. The van der Waals surface area contributed by atoms with E-state index in [0.29, 0.717) is 22.5 Å². The molecule has 1 heterocycles. The molecular weight excluding hydrogens is 480 g/mol. The highest BCUT2D eigenvalue weighted by molar-refractivity contribution is 7.92. The van der Waals surface area contributed by atoms with Crippen molar-refractivity contribution in [2.45, 2.75) is 19.7 Å². The zero-order valence-corrected chi connectivity index (χ0v) is 20.3. The number of amides is 1. The summed E-state index contributed by atoms with van der Waals surface area (Å²) in [7, 11) is -3.47. The van der Waals surface area contributed by atoms with Gasteiger partial charge in [-0.25, -0.2) is 13.1 Å². The molecule has 0 aliphatic carbocycles. The van der Waals surface area contributed by atoms with Gasteiger partial charge in [0.05, 0.1) is 17.6 Å². The van der Waals surface area contributed by atoms with E-state index in [2.05, 4.69) is 15.1 Å². The van der Waals surface area contributed by atoms with E-state index in [9.17, 15) is 13.2 Å².